The van der Waals surface area contributed by atoms with Crippen LogP contribution in [0.4, 0.5) is 0 Å². The molecule has 5 heteroatoms. The molecule has 0 saturated carbocycles. The molecule has 0 unspecified atom stereocenters. The molecule has 1 nitrogen and oxygen atoms in total. The molecule has 2 aromatic rings. The van der Waals surface area contributed by atoms with E-state index < -0.39 is 0 Å². The van der Waals surface area contributed by atoms with Crippen LogP contribution >= 0.6 is 46.2 Å². The fraction of sp³-hybridized carbons (Fsp3) is 0.182. The molecule has 0 radical (unpaired) electrons. The van der Waals surface area contributed by atoms with Crippen molar-refractivity contribution in [3.63, 3.8) is 0 Å². The Bertz CT molecular complexity index is 522. The number of fused-ring (bicyclic) bond motifs is 2. The minimum atomic E-state index is 0.218. The SMILES string of the molecule is O=c1sc2c(s1)SCc1ccccc1CS2. The summed E-state index contributed by atoms with van der Waals surface area (Å²) in [4.78, 5) is 11.4. The van der Waals surface area contributed by atoms with Gasteiger partial charge in [0.1, 0.15) is 0 Å². The van der Waals surface area contributed by atoms with Gasteiger partial charge in [0.15, 0.2) is 0 Å². The van der Waals surface area contributed by atoms with E-state index >= 15 is 0 Å². The topological polar surface area (TPSA) is 17.1 Å². The summed E-state index contributed by atoms with van der Waals surface area (Å²) in [6.07, 6.45) is 0. The Labute approximate surface area is 110 Å². The first-order chi connectivity index (χ1) is 7.83. The van der Waals surface area contributed by atoms with E-state index in [1.807, 2.05) is 0 Å². The summed E-state index contributed by atoms with van der Waals surface area (Å²) < 4.78 is 2.62. The van der Waals surface area contributed by atoms with Crippen molar-refractivity contribution in [3.05, 3.63) is 44.2 Å². The van der Waals surface area contributed by atoms with Crippen molar-refractivity contribution in [1.82, 2.24) is 0 Å². The van der Waals surface area contributed by atoms with Gasteiger partial charge in [0, 0.05) is 11.5 Å². The maximum atomic E-state index is 11.4. The van der Waals surface area contributed by atoms with Gasteiger partial charge in [0.25, 0.3) is 4.06 Å². The van der Waals surface area contributed by atoms with Crippen molar-refractivity contribution in [1.29, 1.82) is 0 Å². The molecule has 82 valence electrons. The van der Waals surface area contributed by atoms with Crippen molar-refractivity contribution in [2.24, 2.45) is 0 Å². The zero-order valence-electron chi connectivity index (χ0n) is 8.26. The zero-order chi connectivity index (χ0) is 11.0. The number of thioether (sulfide) groups is 2. The van der Waals surface area contributed by atoms with Crippen LogP contribution in [0.15, 0.2) is 37.5 Å². The van der Waals surface area contributed by atoms with E-state index in [0.717, 1.165) is 11.5 Å². The Morgan fingerprint density at radius 1 is 0.875 bits per heavy atom. The lowest BCUT2D eigenvalue weighted by Crippen LogP contribution is -1.92. The maximum absolute atomic E-state index is 11.4. The predicted octanol–water partition coefficient (Wildman–Crippen LogP) is 4.07. The third-order valence-electron chi connectivity index (χ3n) is 2.35. The van der Waals surface area contributed by atoms with Crippen molar-refractivity contribution in [2.75, 3.05) is 0 Å². The van der Waals surface area contributed by atoms with Crippen LogP contribution in [0.3, 0.4) is 0 Å². The second-order valence-corrected chi connectivity index (χ2v) is 8.09. The highest BCUT2D eigenvalue weighted by Crippen LogP contribution is 2.42. The lowest BCUT2D eigenvalue weighted by molar-refractivity contribution is 1.26. The Morgan fingerprint density at radius 2 is 1.38 bits per heavy atom. The fourth-order valence-electron chi connectivity index (χ4n) is 1.56. The molecule has 16 heavy (non-hydrogen) atoms. The minimum Gasteiger partial charge on any atom is -0.265 e. The van der Waals surface area contributed by atoms with Gasteiger partial charge in [-0.25, -0.2) is 0 Å². The molecule has 0 atom stereocenters. The van der Waals surface area contributed by atoms with E-state index in [4.69, 9.17) is 0 Å². The Morgan fingerprint density at radius 3 is 1.88 bits per heavy atom. The molecular formula is C11H8OS4. The molecule has 0 aliphatic carbocycles. The van der Waals surface area contributed by atoms with Crippen molar-refractivity contribution >= 4 is 46.2 Å². The molecule has 0 bridgehead atoms. The molecular weight excluding hydrogens is 276 g/mol. The van der Waals surface area contributed by atoms with Crippen LogP contribution in [-0.2, 0) is 11.5 Å². The van der Waals surface area contributed by atoms with E-state index in [9.17, 15) is 4.79 Å². The second kappa shape index (κ2) is 4.56. The largest absolute Gasteiger partial charge is 0.289 e. The summed E-state index contributed by atoms with van der Waals surface area (Å²) in [5.41, 5.74) is 2.80. The van der Waals surface area contributed by atoms with Crippen LogP contribution in [0.5, 0.6) is 0 Å². The zero-order valence-corrected chi connectivity index (χ0v) is 11.5. The molecule has 0 saturated heterocycles. The molecule has 1 aliphatic rings. The molecule has 2 heterocycles. The van der Waals surface area contributed by atoms with Crippen LogP contribution in [-0.4, -0.2) is 0 Å². The van der Waals surface area contributed by atoms with Gasteiger partial charge in [0.05, 0.1) is 8.42 Å². The quantitative estimate of drug-likeness (QED) is 0.726. The van der Waals surface area contributed by atoms with Gasteiger partial charge in [-0.1, -0.05) is 46.9 Å². The average Bonchev–Trinajstić information content (AvgIpc) is 2.62. The van der Waals surface area contributed by atoms with Gasteiger partial charge >= 0.3 is 0 Å². The van der Waals surface area contributed by atoms with E-state index in [-0.39, 0.29) is 4.06 Å². The smallest absolute Gasteiger partial charge is 0.265 e. The monoisotopic (exact) mass is 284 g/mol. The molecule has 1 aromatic heterocycles. The number of hydrogen-bond donors (Lipinski definition) is 0. The number of hydrogen-bond acceptors (Lipinski definition) is 5. The van der Waals surface area contributed by atoms with Gasteiger partial charge in [0.2, 0.25) is 0 Å². The first kappa shape index (κ1) is 10.9. The van der Waals surface area contributed by atoms with Gasteiger partial charge in [-0.05, 0) is 11.1 Å². The number of rotatable bonds is 0. The molecule has 0 amide bonds. The third kappa shape index (κ3) is 2.09. The third-order valence-corrected chi connectivity index (χ3v) is 7.53. The van der Waals surface area contributed by atoms with Crippen LogP contribution in [0.25, 0.3) is 0 Å². The van der Waals surface area contributed by atoms with Gasteiger partial charge in [-0.15, -0.1) is 23.5 Å². The van der Waals surface area contributed by atoms with E-state index in [1.54, 1.807) is 23.5 Å². The highest BCUT2D eigenvalue weighted by atomic mass is 32.2. The molecule has 0 N–H and O–H groups in total. The van der Waals surface area contributed by atoms with Crippen molar-refractivity contribution in [2.45, 2.75) is 19.9 Å². The predicted molar refractivity (Wildman–Crippen MR) is 74.0 cm³/mol. The molecule has 3 rings (SSSR count). The lowest BCUT2D eigenvalue weighted by Gasteiger charge is -2.12. The summed E-state index contributed by atoms with van der Waals surface area (Å²) in [6, 6.07) is 8.54. The van der Waals surface area contributed by atoms with Crippen LogP contribution < -0.4 is 4.06 Å². The summed E-state index contributed by atoms with van der Waals surface area (Å²) in [5.74, 6) is 1.97. The fourth-order valence-corrected chi connectivity index (χ4v) is 6.87. The Balaban J connectivity index is 1.99. The van der Waals surface area contributed by atoms with Crippen LogP contribution in [0.2, 0.25) is 0 Å². The van der Waals surface area contributed by atoms with E-state index in [0.29, 0.717) is 0 Å². The standard InChI is InChI=1S/C11H8OS4/c12-11-15-9-10(16-11)14-6-8-4-2-1-3-7(8)5-13-9/h1-4H,5-6H2. The van der Waals surface area contributed by atoms with Crippen LogP contribution in [0, 0.1) is 0 Å². The first-order valence-electron chi connectivity index (χ1n) is 4.79. The normalized spacial score (nSPS) is 14.8. The van der Waals surface area contributed by atoms with E-state index in [1.165, 1.54) is 42.2 Å². The summed E-state index contributed by atoms with van der Waals surface area (Å²) in [7, 11) is 0. The average molecular weight is 284 g/mol. The highest BCUT2D eigenvalue weighted by molar-refractivity contribution is 8.04. The Kier molecular flexibility index (Phi) is 3.11. The van der Waals surface area contributed by atoms with Gasteiger partial charge in [-0.3, -0.25) is 4.79 Å². The number of benzene rings is 1. The lowest BCUT2D eigenvalue weighted by atomic mass is 10.1. The summed E-state index contributed by atoms with van der Waals surface area (Å²) >= 11 is 6.37. The van der Waals surface area contributed by atoms with E-state index in [2.05, 4.69) is 24.3 Å². The first-order valence-corrected chi connectivity index (χ1v) is 8.39. The summed E-state index contributed by atoms with van der Waals surface area (Å²) in [6.45, 7) is 0. The Hall–Kier alpha value is -0.230. The molecule has 0 spiro atoms. The molecule has 1 aliphatic heterocycles. The van der Waals surface area contributed by atoms with Crippen molar-refractivity contribution < 1.29 is 0 Å². The van der Waals surface area contributed by atoms with Gasteiger partial charge < -0.3 is 0 Å². The maximum Gasteiger partial charge on any atom is 0.289 e. The molecule has 1 aromatic carbocycles. The molecule has 0 fully saturated rings. The highest BCUT2D eigenvalue weighted by Gasteiger charge is 2.15. The minimum absolute atomic E-state index is 0.218. The summed E-state index contributed by atoms with van der Waals surface area (Å²) in [5, 5.41) is 0. The van der Waals surface area contributed by atoms with Gasteiger partial charge in [-0.2, -0.15) is 0 Å². The van der Waals surface area contributed by atoms with Crippen LogP contribution in [0.1, 0.15) is 11.1 Å². The second-order valence-electron chi connectivity index (χ2n) is 3.38. The van der Waals surface area contributed by atoms with Crippen molar-refractivity contribution in [3.8, 4) is 0 Å².